The van der Waals surface area contributed by atoms with Crippen LogP contribution in [0.1, 0.15) is 88.0 Å². The van der Waals surface area contributed by atoms with Crippen LogP contribution in [0.2, 0.25) is 0 Å². The molecule has 2 aromatic heterocycles. The minimum absolute atomic E-state index is 0.00277. The molecule has 1 atom stereocenters. The van der Waals surface area contributed by atoms with Gasteiger partial charge in [-0.05, 0) is 32.6 Å². The summed E-state index contributed by atoms with van der Waals surface area (Å²) >= 11 is 0. The summed E-state index contributed by atoms with van der Waals surface area (Å²) in [6, 6.07) is 4.10. The fourth-order valence-electron chi connectivity index (χ4n) is 5.91. The third-order valence-corrected chi connectivity index (χ3v) is 7.58. The van der Waals surface area contributed by atoms with E-state index in [0.29, 0.717) is 12.2 Å². The van der Waals surface area contributed by atoms with Crippen LogP contribution >= 0.6 is 0 Å². The Bertz CT molecular complexity index is 931. The van der Waals surface area contributed by atoms with Crippen LogP contribution in [0.3, 0.4) is 0 Å². The van der Waals surface area contributed by atoms with Crippen LogP contribution in [0.5, 0.6) is 0 Å². The average Bonchev–Trinajstić information content (AvgIpc) is 3.23. The lowest BCUT2D eigenvalue weighted by Crippen LogP contribution is -2.67. The van der Waals surface area contributed by atoms with Gasteiger partial charge in [0.2, 0.25) is 5.91 Å². The summed E-state index contributed by atoms with van der Waals surface area (Å²) in [5, 5.41) is 3.33. The van der Waals surface area contributed by atoms with Gasteiger partial charge in [-0.3, -0.25) is 9.59 Å². The third kappa shape index (κ3) is 3.25. The quantitative estimate of drug-likeness (QED) is 0.750. The predicted octanol–water partition coefficient (Wildman–Crippen LogP) is 4.62. The Kier molecular flexibility index (Phi) is 5.11. The van der Waals surface area contributed by atoms with Gasteiger partial charge in [0.05, 0.1) is 18.3 Å². The van der Waals surface area contributed by atoms with Gasteiger partial charge in [-0.15, -0.1) is 0 Å². The summed E-state index contributed by atoms with van der Waals surface area (Å²) in [6.45, 7) is 2.45. The number of furan rings is 1. The molecule has 3 aliphatic rings. The summed E-state index contributed by atoms with van der Waals surface area (Å²) in [5.74, 6) is -0.0242. The summed E-state index contributed by atoms with van der Waals surface area (Å²) < 4.78 is 7.57. The molecule has 3 heterocycles. The minimum atomic E-state index is -0.889. The number of fused-ring (bicyclic) bond motifs is 3. The molecule has 0 saturated heterocycles. The molecule has 2 saturated carbocycles. The number of hydrogen-bond donors (Lipinski definition) is 1. The topological polar surface area (TPSA) is 67.5 Å². The summed E-state index contributed by atoms with van der Waals surface area (Å²) in [5.41, 5.74) is 1.38. The van der Waals surface area contributed by atoms with E-state index in [9.17, 15) is 9.59 Å². The van der Waals surface area contributed by atoms with E-state index in [2.05, 4.69) is 5.32 Å². The molecule has 30 heavy (non-hydrogen) atoms. The Morgan fingerprint density at radius 3 is 2.47 bits per heavy atom. The van der Waals surface area contributed by atoms with Crippen LogP contribution < -0.4 is 5.32 Å². The van der Waals surface area contributed by atoms with Crippen molar-refractivity contribution in [1.82, 2.24) is 14.8 Å². The van der Waals surface area contributed by atoms with Gasteiger partial charge >= 0.3 is 0 Å². The van der Waals surface area contributed by atoms with Crippen molar-refractivity contribution < 1.29 is 14.0 Å². The molecular weight excluding hydrogens is 378 g/mol. The number of carbonyl (C=O) groups excluding carboxylic acids is 2. The van der Waals surface area contributed by atoms with Crippen molar-refractivity contribution in [2.24, 2.45) is 0 Å². The average molecular weight is 412 g/mol. The van der Waals surface area contributed by atoms with Crippen LogP contribution in [0.25, 0.3) is 11.1 Å². The molecule has 0 aromatic carbocycles. The van der Waals surface area contributed by atoms with Crippen molar-refractivity contribution >= 4 is 22.9 Å². The van der Waals surface area contributed by atoms with Gasteiger partial charge in [-0.1, -0.05) is 44.9 Å². The van der Waals surface area contributed by atoms with Gasteiger partial charge in [0.1, 0.15) is 11.2 Å². The van der Waals surface area contributed by atoms with E-state index in [-0.39, 0.29) is 23.9 Å². The molecule has 6 nitrogen and oxygen atoms in total. The molecule has 0 bridgehead atoms. The molecule has 1 aliphatic heterocycles. The Hall–Kier alpha value is -2.24. The highest BCUT2D eigenvalue weighted by Gasteiger charge is 2.50. The van der Waals surface area contributed by atoms with Gasteiger partial charge in [0, 0.05) is 24.2 Å². The molecule has 1 N–H and O–H groups in total. The van der Waals surface area contributed by atoms with E-state index >= 15 is 0 Å². The summed E-state index contributed by atoms with van der Waals surface area (Å²) in [7, 11) is 0. The van der Waals surface area contributed by atoms with Crippen molar-refractivity contribution in [2.75, 3.05) is 0 Å². The van der Waals surface area contributed by atoms with Crippen LogP contribution in [0.15, 0.2) is 22.8 Å². The standard InChI is InChI=1S/C24H33N3O3/c1-24(23(29)25-17-9-5-4-6-10-17)16-26-19-13-14-30-21(19)15-20(26)22(28)27(24)18-11-7-2-3-8-12-18/h13-15,17-18H,2-12,16H2,1H3,(H,25,29)/t24-/m1/s1. The highest BCUT2D eigenvalue weighted by atomic mass is 16.3. The SMILES string of the molecule is C[C@]1(C(=O)NC2CCCCC2)Cn2c(cc3occc32)C(=O)N1C1CCCCCC1. The molecule has 2 aliphatic carbocycles. The first kappa shape index (κ1) is 19.7. The molecule has 6 heteroatoms. The smallest absolute Gasteiger partial charge is 0.271 e. The highest BCUT2D eigenvalue weighted by molar-refractivity contribution is 6.03. The number of nitrogens with one attached hydrogen (secondary N) is 1. The summed E-state index contributed by atoms with van der Waals surface area (Å²) in [4.78, 5) is 29.5. The second-order valence-electron chi connectivity index (χ2n) is 9.69. The van der Waals surface area contributed by atoms with Crippen molar-refractivity contribution in [3.63, 3.8) is 0 Å². The van der Waals surface area contributed by atoms with E-state index in [0.717, 1.165) is 49.6 Å². The largest absolute Gasteiger partial charge is 0.463 e. The minimum Gasteiger partial charge on any atom is -0.463 e. The molecule has 2 fully saturated rings. The van der Waals surface area contributed by atoms with E-state index in [1.165, 1.54) is 32.1 Å². The Balaban J connectivity index is 1.53. The Morgan fingerprint density at radius 2 is 1.73 bits per heavy atom. The number of hydrogen-bond acceptors (Lipinski definition) is 3. The molecule has 0 unspecified atom stereocenters. The lowest BCUT2D eigenvalue weighted by Gasteiger charge is -2.48. The van der Waals surface area contributed by atoms with E-state index in [4.69, 9.17) is 4.42 Å². The Morgan fingerprint density at radius 1 is 1.07 bits per heavy atom. The molecule has 2 aromatic rings. The number of rotatable bonds is 3. The number of aromatic nitrogens is 1. The predicted molar refractivity (Wildman–Crippen MR) is 115 cm³/mol. The second kappa shape index (κ2) is 7.78. The fraction of sp³-hybridized carbons (Fsp3) is 0.667. The monoisotopic (exact) mass is 411 g/mol. The number of amides is 2. The molecule has 2 amide bonds. The van der Waals surface area contributed by atoms with Gasteiger partial charge in [-0.2, -0.15) is 0 Å². The zero-order valence-electron chi connectivity index (χ0n) is 18.0. The summed E-state index contributed by atoms with van der Waals surface area (Å²) in [6.07, 6.45) is 14.0. The Labute approximate surface area is 178 Å². The van der Waals surface area contributed by atoms with Crippen LogP contribution in [-0.4, -0.2) is 38.9 Å². The fourth-order valence-corrected chi connectivity index (χ4v) is 5.91. The lowest BCUT2D eigenvalue weighted by molar-refractivity contribution is -0.135. The van der Waals surface area contributed by atoms with Crippen LogP contribution in [-0.2, 0) is 11.3 Å². The van der Waals surface area contributed by atoms with Gasteiger partial charge < -0.3 is 19.2 Å². The maximum Gasteiger partial charge on any atom is 0.271 e. The highest BCUT2D eigenvalue weighted by Crippen LogP contribution is 2.37. The first-order valence-electron chi connectivity index (χ1n) is 11.8. The van der Waals surface area contributed by atoms with Crippen LogP contribution in [0, 0.1) is 0 Å². The molecule has 162 valence electrons. The number of nitrogens with zero attached hydrogens (tertiary/aromatic N) is 2. The maximum absolute atomic E-state index is 13.8. The van der Waals surface area contributed by atoms with Crippen LogP contribution in [0.4, 0.5) is 0 Å². The van der Waals surface area contributed by atoms with Gasteiger partial charge in [0.25, 0.3) is 5.91 Å². The van der Waals surface area contributed by atoms with Gasteiger partial charge in [0.15, 0.2) is 5.58 Å². The maximum atomic E-state index is 13.8. The zero-order chi connectivity index (χ0) is 20.7. The number of carbonyl (C=O) groups is 2. The normalized spacial score (nSPS) is 26.6. The zero-order valence-corrected chi connectivity index (χ0v) is 18.0. The first-order chi connectivity index (χ1) is 14.6. The molecular formula is C24H33N3O3. The molecule has 5 rings (SSSR count). The van der Waals surface area contributed by atoms with Crippen molar-refractivity contribution in [2.45, 2.75) is 102 Å². The van der Waals surface area contributed by atoms with Crippen molar-refractivity contribution in [1.29, 1.82) is 0 Å². The van der Waals surface area contributed by atoms with E-state index in [1.54, 1.807) is 6.26 Å². The molecule has 0 radical (unpaired) electrons. The van der Waals surface area contributed by atoms with Crippen molar-refractivity contribution in [3.8, 4) is 0 Å². The molecule has 0 spiro atoms. The van der Waals surface area contributed by atoms with E-state index in [1.807, 2.05) is 28.5 Å². The first-order valence-corrected chi connectivity index (χ1v) is 11.8. The lowest BCUT2D eigenvalue weighted by atomic mass is 9.89. The third-order valence-electron chi connectivity index (χ3n) is 7.58. The second-order valence-corrected chi connectivity index (χ2v) is 9.69. The van der Waals surface area contributed by atoms with Crippen molar-refractivity contribution in [3.05, 3.63) is 24.1 Å². The van der Waals surface area contributed by atoms with Gasteiger partial charge in [-0.25, -0.2) is 0 Å². The van der Waals surface area contributed by atoms with E-state index < -0.39 is 5.54 Å².